The lowest BCUT2D eigenvalue weighted by Crippen LogP contribution is -2.43. The molecule has 1 N–H and O–H groups in total. The van der Waals surface area contributed by atoms with E-state index in [0.717, 1.165) is 11.1 Å². The fourth-order valence-corrected chi connectivity index (χ4v) is 4.56. The van der Waals surface area contributed by atoms with E-state index in [1.807, 2.05) is 0 Å². The largest absolute Gasteiger partial charge is 0.493 e. The standard InChI is InChI=1S/C29H28F2N2O6/c1-4-24(34)39-27-23(37-3)13-14-32-26(27)28(35)33-16(2)29(36)38-22-12-7-18-15-20(31)10-11-21(18)25(22)17-5-8-19(30)9-6-17/h5-6,8-11,13-16,22,25H,4,7,12H2,1-3H3,(H,33,35)/t16-,22?,25?/m0/s1. The number of benzene rings is 2. The SMILES string of the molecule is CCC(=O)Oc1c(OC)ccnc1C(=O)N[C@@H](C)C(=O)OC1CCc2cc(F)ccc2C1c1ccc(F)cc1. The zero-order chi connectivity index (χ0) is 28.1. The number of carbonyl (C=O) groups excluding carboxylic acids is 3. The number of nitrogens with zero attached hydrogens (tertiary/aromatic N) is 1. The van der Waals surface area contributed by atoms with E-state index in [2.05, 4.69) is 10.3 Å². The number of aryl methyl sites for hydroxylation is 1. The number of carbonyl (C=O) groups is 3. The Bertz CT molecular complexity index is 1380. The van der Waals surface area contributed by atoms with Gasteiger partial charge >= 0.3 is 11.9 Å². The Morgan fingerprint density at radius 1 is 1.08 bits per heavy atom. The molecule has 1 aromatic heterocycles. The van der Waals surface area contributed by atoms with Crippen molar-refractivity contribution in [3.63, 3.8) is 0 Å². The molecular weight excluding hydrogens is 510 g/mol. The monoisotopic (exact) mass is 538 g/mol. The summed E-state index contributed by atoms with van der Waals surface area (Å²) in [5.41, 5.74) is 2.05. The van der Waals surface area contributed by atoms with E-state index in [1.165, 1.54) is 50.6 Å². The number of esters is 2. The number of methoxy groups -OCH3 is 1. The summed E-state index contributed by atoms with van der Waals surface area (Å²) in [5.74, 6) is -3.32. The second kappa shape index (κ2) is 12.0. The molecule has 0 saturated heterocycles. The Morgan fingerprint density at radius 2 is 1.79 bits per heavy atom. The first kappa shape index (κ1) is 27.7. The molecule has 0 bridgehead atoms. The van der Waals surface area contributed by atoms with Gasteiger partial charge in [0.2, 0.25) is 5.75 Å². The Labute approximate surface area is 224 Å². The topological polar surface area (TPSA) is 104 Å². The normalized spacial score (nSPS) is 16.9. The molecule has 0 fully saturated rings. The lowest BCUT2D eigenvalue weighted by molar-refractivity contribution is -0.152. The van der Waals surface area contributed by atoms with Crippen LogP contribution in [0, 0.1) is 11.6 Å². The molecule has 0 aliphatic heterocycles. The van der Waals surface area contributed by atoms with Crippen molar-refractivity contribution in [2.24, 2.45) is 0 Å². The first-order chi connectivity index (χ1) is 18.7. The molecule has 3 aromatic rings. The smallest absolute Gasteiger partial charge is 0.328 e. The third-order valence-electron chi connectivity index (χ3n) is 6.52. The van der Waals surface area contributed by atoms with Gasteiger partial charge in [-0.3, -0.25) is 9.59 Å². The fourth-order valence-electron chi connectivity index (χ4n) is 4.56. The average Bonchev–Trinajstić information content (AvgIpc) is 2.93. The first-order valence-electron chi connectivity index (χ1n) is 12.5. The van der Waals surface area contributed by atoms with Crippen molar-refractivity contribution < 1.29 is 37.4 Å². The number of amides is 1. The second-order valence-corrected chi connectivity index (χ2v) is 9.10. The van der Waals surface area contributed by atoms with E-state index in [-0.39, 0.29) is 29.4 Å². The lowest BCUT2D eigenvalue weighted by Gasteiger charge is -2.34. The molecule has 39 heavy (non-hydrogen) atoms. The molecule has 0 saturated carbocycles. The first-order valence-corrected chi connectivity index (χ1v) is 12.5. The molecule has 0 spiro atoms. The van der Waals surface area contributed by atoms with Crippen molar-refractivity contribution in [2.45, 2.75) is 51.2 Å². The maximum atomic E-state index is 13.9. The van der Waals surface area contributed by atoms with Gasteiger partial charge in [0.1, 0.15) is 23.8 Å². The van der Waals surface area contributed by atoms with E-state index >= 15 is 0 Å². The maximum Gasteiger partial charge on any atom is 0.328 e. The molecule has 1 aliphatic rings. The van der Waals surface area contributed by atoms with Crippen LogP contribution in [0.2, 0.25) is 0 Å². The number of halogens is 2. The van der Waals surface area contributed by atoms with E-state index in [0.29, 0.717) is 18.4 Å². The Balaban J connectivity index is 1.54. The van der Waals surface area contributed by atoms with E-state index in [4.69, 9.17) is 14.2 Å². The summed E-state index contributed by atoms with van der Waals surface area (Å²) in [4.78, 5) is 42.1. The Morgan fingerprint density at radius 3 is 2.49 bits per heavy atom. The highest BCUT2D eigenvalue weighted by Gasteiger charge is 2.35. The van der Waals surface area contributed by atoms with Gasteiger partial charge in [-0.15, -0.1) is 0 Å². The van der Waals surface area contributed by atoms with E-state index in [1.54, 1.807) is 25.1 Å². The van der Waals surface area contributed by atoms with Gasteiger partial charge in [0, 0.05) is 24.6 Å². The molecule has 2 aromatic carbocycles. The summed E-state index contributed by atoms with van der Waals surface area (Å²) in [6.07, 6.45) is 1.61. The highest BCUT2D eigenvalue weighted by atomic mass is 19.1. The van der Waals surface area contributed by atoms with Gasteiger partial charge in [-0.1, -0.05) is 25.1 Å². The van der Waals surface area contributed by atoms with Crippen LogP contribution in [-0.2, 0) is 20.7 Å². The van der Waals surface area contributed by atoms with Crippen molar-refractivity contribution in [3.8, 4) is 11.5 Å². The van der Waals surface area contributed by atoms with Gasteiger partial charge in [-0.25, -0.2) is 18.6 Å². The average molecular weight is 539 g/mol. The molecule has 8 nitrogen and oxygen atoms in total. The van der Waals surface area contributed by atoms with Crippen molar-refractivity contribution in [1.82, 2.24) is 10.3 Å². The molecule has 4 rings (SSSR count). The van der Waals surface area contributed by atoms with Crippen LogP contribution in [-0.4, -0.2) is 42.1 Å². The molecular formula is C29H28F2N2O6. The molecule has 1 amide bonds. The van der Waals surface area contributed by atoms with Gasteiger partial charge in [0.05, 0.1) is 7.11 Å². The van der Waals surface area contributed by atoms with Gasteiger partial charge in [-0.05, 0) is 60.7 Å². The van der Waals surface area contributed by atoms with Crippen LogP contribution >= 0.6 is 0 Å². The van der Waals surface area contributed by atoms with Crippen LogP contribution in [0.4, 0.5) is 8.78 Å². The number of aromatic nitrogens is 1. The number of nitrogens with one attached hydrogen (secondary N) is 1. The molecule has 2 unspecified atom stereocenters. The van der Waals surface area contributed by atoms with Crippen LogP contribution in [0.1, 0.15) is 59.8 Å². The van der Waals surface area contributed by atoms with Gasteiger partial charge in [-0.2, -0.15) is 0 Å². The molecule has 10 heteroatoms. The third-order valence-corrected chi connectivity index (χ3v) is 6.52. The minimum Gasteiger partial charge on any atom is -0.493 e. The predicted molar refractivity (Wildman–Crippen MR) is 136 cm³/mol. The number of ether oxygens (including phenoxy) is 3. The van der Waals surface area contributed by atoms with E-state index in [9.17, 15) is 23.2 Å². The van der Waals surface area contributed by atoms with E-state index < -0.39 is 41.7 Å². The minimum atomic E-state index is -1.09. The minimum absolute atomic E-state index is 0.0637. The molecule has 204 valence electrons. The summed E-state index contributed by atoms with van der Waals surface area (Å²) in [7, 11) is 1.36. The van der Waals surface area contributed by atoms with Crippen LogP contribution in [0.3, 0.4) is 0 Å². The van der Waals surface area contributed by atoms with Crippen LogP contribution in [0.25, 0.3) is 0 Å². The van der Waals surface area contributed by atoms with Crippen molar-refractivity contribution in [2.75, 3.05) is 7.11 Å². The van der Waals surface area contributed by atoms with Crippen molar-refractivity contribution in [3.05, 3.63) is 88.7 Å². The number of hydrogen-bond acceptors (Lipinski definition) is 7. The predicted octanol–water partition coefficient (Wildman–Crippen LogP) is 4.49. The Kier molecular flexibility index (Phi) is 8.53. The number of hydrogen-bond donors (Lipinski definition) is 1. The highest BCUT2D eigenvalue weighted by molar-refractivity contribution is 5.98. The van der Waals surface area contributed by atoms with Crippen molar-refractivity contribution >= 4 is 17.8 Å². The summed E-state index contributed by atoms with van der Waals surface area (Å²) >= 11 is 0. The molecule has 0 radical (unpaired) electrons. The zero-order valence-corrected chi connectivity index (χ0v) is 21.7. The summed E-state index contributed by atoms with van der Waals surface area (Å²) < 4.78 is 43.8. The Hall–Kier alpha value is -4.34. The van der Waals surface area contributed by atoms with Crippen LogP contribution < -0.4 is 14.8 Å². The van der Waals surface area contributed by atoms with Gasteiger partial charge in [0.15, 0.2) is 11.4 Å². The van der Waals surface area contributed by atoms with Gasteiger partial charge in [0.25, 0.3) is 5.91 Å². The number of pyridine rings is 1. The summed E-state index contributed by atoms with van der Waals surface area (Å²) in [5, 5.41) is 2.54. The van der Waals surface area contributed by atoms with Crippen LogP contribution in [0.15, 0.2) is 54.7 Å². The quantitative estimate of drug-likeness (QED) is 0.422. The van der Waals surface area contributed by atoms with Gasteiger partial charge < -0.3 is 19.5 Å². The van der Waals surface area contributed by atoms with Crippen molar-refractivity contribution in [1.29, 1.82) is 0 Å². The summed E-state index contributed by atoms with van der Waals surface area (Å²) in [6.45, 7) is 3.06. The third kappa shape index (κ3) is 6.22. The molecule has 1 heterocycles. The second-order valence-electron chi connectivity index (χ2n) is 9.10. The molecule has 3 atom stereocenters. The maximum absolute atomic E-state index is 13.9. The fraction of sp³-hybridized carbons (Fsp3) is 0.310. The summed E-state index contributed by atoms with van der Waals surface area (Å²) in [6, 6.07) is 10.6. The zero-order valence-electron chi connectivity index (χ0n) is 21.7. The molecule has 1 aliphatic carbocycles. The highest BCUT2D eigenvalue weighted by Crippen LogP contribution is 2.39. The van der Waals surface area contributed by atoms with Crippen LogP contribution in [0.5, 0.6) is 11.5 Å². The lowest BCUT2D eigenvalue weighted by atomic mass is 9.77. The number of fused-ring (bicyclic) bond motifs is 1. The number of rotatable bonds is 8.